The molecule has 1 saturated heterocycles. The zero-order valence-corrected chi connectivity index (χ0v) is 20.3. The van der Waals surface area contributed by atoms with Gasteiger partial charge in [0.05, 0.1) is 0 Å². The van der Waals surface area contributed by atoms with E-state index < -0.39 is 0 Å². The number of benzene rings is 2. The maximum absolute atomic E-state index is 12.6. The van der Waals surface area contributed by atoms with Crippen molar-refractivity contribution in [2.75, 3.05) is 53.7 Å². The van der Waals surface area contributed by atoms with Crippen LogP contribution < -0.4 is 20.4 Å². The van der Waals surface area contributed by atoms with Crippen molar-refractivity contribution in [1.82, 2.24) is 14.9 Å². The van der Waals surface area contributed by atoms with E-state index in [1.165, 1.54) is 16.9 Å². The van der Waals surface area contributed by atoms with E-state index in [0.717, 1.165) is 37.6 Å². The first-order valence-corrected chi connectivity index (χ1v) is 11.6. The average Bonchev–Trinajstić information content (AvgIpc) is 2.84. The highest BCUT2D eigenvalue weighted by Gasteiger charge is 2.25. The number of nitrogens with one attached hydrogen (secondary N) is 2. The SMILES string of the molecule is CN(C(=O)Nc1ccccc1)c1cc(Nc2ccc(N3CCN(C(C)(C)C)CC3)cc2)ncn1. The van der Waals surface area contributed by atoms with Crippen LogP contribution in [0.3, 0.4) is 0 Å². The molecule has 1 fully saturated rings. The molecule has 2 heterocycles. The third kappa shape index (κ3) is 5.82. The first-order chi connectivity index (χ1) is 16.3. The summed E-state index contributed by atoms with van der Waals surface area (Å²) in [6.07, 6.45) is 1.45. The van der Waals surface area contributed by atoms with Gasteiger partial charge in [0.2, 0.25) is 0 Å². The molecule has 0 aliphatic carbocycles. The molecule has 34 heavy (non-hydrogen) atoms. The monoisotopic (exact) mass is 459 g/mol. The molecule has 1 aliphatic rings. The number of urea groups is 1. The van der Waals surface area contributed by atoms with E-state index in [9.17, 15) is 4.79 Å². The molecule has 0 saturated carbocycles. The highest BCUT2D eigenvalue weighted by atomic mass is 16.2. The van der Waals surface area contributed by atoms with Crippen LogP contribution in [0, 0.1) is 0 Å². The summed E-state index contributed by atoms with van der Waals surface area (Å²) in [6.45, 7) is 11.0. The van der Waals surface area contributed by atoms with E-state index in [-0.39, 0.29) is 11.6 Å². The van der Waals surface area contributed by atoms with Gasteiger partial charge in [-0.05, 0) is 57.2 Å². The van der Waals surface area contributed by atoms with Crippen molar-refractivity contribution < 1.29 is 4.79 Å². The van der Waals surface area contributed by atoms with Gasteiger partial charge in [0.15, 0.2) is 0 Å². The summed E-state index contributed by atoms with van der Waals surface area (Å²) in [5, 5.41) is 6.16. The quantitative estimate of drug-likeness (QED) is 0.570. The molecule has 1 aromatic heterocycles. The van der Waals surface area contributed by atoms with Crippen molar-refractivity contribution >= 4 is 34.7 Å². The van der Waals surface area contributed by atoms with Crippen LogP contribution in [0.15, 0.2) is 67.0 Å². The minimum Gasteiger partial charge on any atom is -0.369 e. The van der Waals surface area contributed by atoms with Gasteiger partial charge in [-0.1, -0.05) is 18.2 Å². The average molecular weight is 460 g/mol. The van der Waals surface area contributed by atoms with E-state index in [1.807, 2.05) is 30.3 Å². The number of nitrogens with zero attached hydrogens (tertiary/aromatic N) is 5. The van der Waals surface area contributed by atoms with Crippen molar-refractivity contribution in [3.63, 3.8) is 0 Å². The Morgan fingerprint density at radius 1 is 0.912 bits per heavy atom. The number of piperazine rings is 1. The van der Waals surface area contributed by atoms with Gasteiger partial charge in [-0.15, -0.1) is 0 Å². The molecule has 1 aliphatic heterocycles. The first kappa shape index (κ1) is 23.5. The van der Waals surface area contributed by atoms with Crippen LogP contribution in [0.4, 0.5) is 33.5 Å². The zero-order chi connectivity index (χ0) is 24.1. The first-order valence-electron chi connectivity index (χ1n) is 11.6. The number of amides is 2. The van der Waals surface area contributed by atoms with Crippen molar-refractivity contribution in [2.24, 2.45) is 0 Å². The van der Waals surface area contributed by atoms with Crippen LogP contribution >= 0.6 is 0 Å². The molecule has 0 atom stereocenters. The molecule has 0 radical (unpaired) electrons. The molecule has 8 heteroatoms. The third-order valence-corrected chi connectivity index (χ3v) is 6.06. The number of aromatic nitrogens is 2. The zero-order valence-electron chi connectivity index (χ0n) is 20.3. The molecule has 0 unspecified atom stereocenters. The standard InChI is InChI=1S/C26H33N7O/c1-26(2,3)33-16-14-32(15-17-33)22-12-10-21(11-13-22)29-23-18-24(28-19-27-23)31(4)25(34)30-20-8-6-5-7-9-20/h5-13,18-19H,14-17H2,1-4H3,(H,30,34)(H,27,28,29). The summed E-state index contributed by atoms with van der Waals surface area (Å²) in [6, 6.07) is 19.2. The van der Waals surface area contributed by atoms with E-state index in [0.29, 0.717) is 11.6 Å². The smallest absolute Gasteiger partial charge is 0.327 e. The lowest BCUT2D eigenvalue weighted by Crippen LogP contribution is -2.53. The second-order valence-electron chi connectivity index (χ2n) is 9.43. The van der Waals surface area contributed by atoms with Crippen LogP contribution in [-0.2, 0) is 0 Å². The Hall–Kier alpha value is -3.65. The number of para-hydroxylation sites is 1. The Balaban J connectivity index is 1.36. The fourth-order valence-corrected chi connectivity index (χ4v) is 3.97. The summed E-state index contributed by atoms with van der Waals surface area (Å²) >= 11 is 0. The third-order valence-electron chi connectivity index (χ3n) is 6.06. The lowest BCUT2D eigenvalue weighted by Gasteiger charge is -2.43. The van der Waals surface area contributed by atoms with Crippen molar-refractivity contribution in [1.29, 1.82) is 0 Å². The largest absolute Gasteiger partial charge is 0.369 e. The Bertz CT molecular complexity index is 1090. The van der Waals surface area contributed by atoms with E-state index in [2.05, 4.69) is 75.4 Å². The lowest BCUT2D eigenvalue weighted by molar-refractivity contribution is 0.128. The minimum atomic E-state index is -0.272. The highest BCUT2D eigenvalue weighted by Crippen LogP contribution is 2.24. The second kappa shape index (κ2) is 10.1. The molecule has 2 amide bonds. The molecular formula is C26H33N7O. The van der Waals surface area contributed by atoms with Gasteiger partial charge in [-0.3, -0.25) is 9.80 Å². The number of anilines is 5. The number of carbonyl (C=O) groups excluding carboxylic acids is 1. The molecular weight excluding hydrogens is 426 g/mol. The molecule has 4 rings (SSSR count). The predicted molar refractivity (Wildman–Crippen MR) is 139 cm³/mol. The van der Waals surface area contributed by atoms with E-state index in [1.54, 1.807) is 13.1 Å². The van der Waals surface area contributed by atoms with Crippen molar-refractivity contribution in [3.8, 4) is 0 Å². The van der Waals surface area contributed by atoms with E-state index in [4.69, 9.17) is 0 Å². The number of hydrogen-bond acceptors (Lipinski definition) is 6. The lowest BCUT2D eigenvalue weighted by atomic mass is 10.0. The molecule has 2 N–H and O–H groups in total. The highest BCUT2D eigenvalue weighted by molar-refractivity contribution is 6.00. The summed E-state index contributed by atoms with van der Waals surface area (Å²) < 4.78 is 0. The fraction of sp³-hybridized carbons (Fsp3) is 0.346. The molecule has 2 aromatic carbocycles. The topological polar surface area (TPSA) is 76.6 Å². The van der Waals surface area contributed by atoms with Crippen LogP contribution in [-0.4, -0.2) is 59.7 Å². The summed E-state index contributed by atoms with van der Waals surface area (Å²) in [5.41, 5.74) is 3.09. The van der Waals surface area contributed by atoms with Crippen LogP contribution in [0.1, 0.15) is 20.8 Å². The van der Waals surface area contributed by atoms with Crippen molar-refractivity contribution in [3.05, 3.63) is 67.0 Å². The van der Waals surface area contributed by atoms with Gasteiger partial charge >= 0.3 is 6.03 Å². The van der Waals surface area contributed by atoms with Crippen LogP contribution in [0.5, 0.6) is 0 Å². The van der Waals surface area contributed by atoms with Crippen molar-refractivity contribution in [2.45, 2.75) is 26.3 Å². The number of carbonyl (C=O) groups is 1. The number of hydrogen-bond donors (Lipinski definition) is 2. The van der Waals surface area contributed by atoms with Gasteiger partial charge in [0.1, 0.15) is 18.0 Å². The maximum atomic E-state index is 12.6. The molecule has 0 spiro atoms. The van der Waals surface area contributed by atoms with Crippen LogP contribution in [0.25, 0.3) is 0 Å². The van der Waals surface area contributed by atoms with Gasteiger partial charge in [-0.25, -0.2) is 14.8 Å². The van der Waals surface area contributed by atoms with Gasteiger partial charge in [0, 0.05) is 61.9 Å². The Kier molecular flexibility index (Phi) is 6.98. The fourth-order valence-electron chi connectivity index (χ4n) is 3.97. The Morgan fingerprint density at radius 3 is 2.24 bits per heavy atom. The maximum Gasteiger partial charge on any atom is 0.327 e. The van der Waals surface area contributed by atoms with Gasteiger partial charge in [-0.2, -0.15) is 0 Å². The molecule has 3 aromatic rings. The predicted octanol–water partition coefficient (Wildman–Crippen LogP) is 4.81. The van der Waals surface area contributed by atoms with Gasteiger partial charge < -0.3 is 15.5 Å². The second-order valence-corrected chi connectivity index (χ2v) is 9.43. The van der Waals surface area contributed by atoms with E-state index >= 15 is 0 Å². The summed E-state index contributed by atoms with van der Waals surface area (Å²) in [4.78, 5) is 27.5. The van der Waals surface area contributed by atoms with Crippen LogP contribution in [0.2, 0.25) is 0 Å². The summed E-state index contributed by atoms with van der Waals surface area (Å²) in [7, 11) is 1.68. The molecule has 8 nitrogen and oxygen atoms in total. The summed E-state index contributed by atoms with van der Waals surface area (Å²) in [5.74, 6) is 1.12. The normalized spacial score (nSPS) is 14.5. The minimum absolute atomic E-state index is 0.215. The Labute approximate surface area is 201 Å². The number of rotatable bonds is 5. The Morgan fingerprint density at radius 2 is 1.59 bits per heavy atom. The molecule has 0 bridgehead atoms. The molecule has 178 valence electrons. The van der Waals surface area contributed by atoms with Gasteiger partial charge in [0.25, 0.3) is 0 Å².